The highest BCUT2D eigenvalue weighted by molar-refractivity contribution is 6.30. The molecule has 3 heteroatoms. The summed E-state index contributed by atoms with van der Waals surface area (Å²) < 4.78 is 13.6. The molecule has 3 atom stereocenters. The molecule has 0 aromatic heterocycles. The molecule has 0 N–H and O–H groups in total. The quantitative estimate of drug-likeness (QED) is 0.592. The standard InChI is InChI=1S/C17H23Cl2F/c1-11-4-6-13(15(19)8-11)17(2,3)10-12-5-7-14(18)16(20)9-12/h5,7,9,11,13,15H,4,6,8,10H2,1-3H3. The van der Waals surface area contributed by atoms with E-state index in [-0.39, 0.29) is 21.6 Å². The summed E-state index contributed by atoms with van der Waals surface area (Å²) in [4.78, 5) is 0. The predicted molar refractivity (Wildman–Crippen MR) is 85.0 cm³/mol. The summed E-state index contributed by atoms with van der Waals surface area (Å²) in [7, 11) is 0. The summed E-state index contributed by atoms with van der Waals surface area (Å²) in [6.07, 6.45) is 4.33. The van der Waals surface area contributed by atoms with Crippen LogP contribution in [0.2, 0.25) is 5.02 Å². The fraction of sp³-hybridized carbons (Fsp3) is 0.647. The minimum atomic E-state index is -0.334. The molecule has 1 aliphatic carbocycles. The minimum absolute atomic E-state index is 0.0762. The summed E-state index contributed by atoms with van der Waals surface area (Å²) in [5.74, 6) is 0.872. The largest absolute Gasteiger partial charge is 0.205 e. The first-order chi connectivity index (χ1) is 9.29. The minimum Gasteiger partial charge on any atom is -0.205 e. The highest BCUT2D eigenvalue weighted by Crippen LogP contribution is 2.44. The number of alkyl halides is 1. The summed E-state index contributed by atoms with van der Waals surface area (Å²) in [5, 5.41) is 0.416. The fourth-order valence-corrected chi connectivity index (χ4v) is 4.39. The van der Waals surface area contributed by atoms with Gasteiger partial charge in [-0.25, -0.2) is 4.39 Å². The monoisotopic (exact) mass is 316 g/mol. The third-order valence-electron chi connectivity index (χ3n) is 4.68. The Bertz CT molecular complexity index is 470. The third-order valence-corrected chi connectivity index (χ3v) is 5.47. The third kappa shape index (κ3) is 3.68. The van der Waals surface area contributed by atoms with E-state index in [1.807, 2.05) is 6.07 Å². The first-order valence-electron chi connectivity index (χ1n) is 7.37. The van der Waals surface area contributed by atoms with Crippen LogP contribution in [-0.2, 0) is 6.42 Å². The molecule has 20 heavy (non-hydrogen) atoms. The zero-order valence-electron chi connectivity index (χ0n) is 12.4. The van der Waals surface area contributed by atoms with E-state index in [0.29, 0.717) is 5.92 Å². The van der Waals surface area contributed by atoms with Crippen LogP contribution in [0.3, 0.4) is 0 Å². The van der Waals surface area contributed by atoms with Crippen molar-refractivity contribution in [1.29, 1.82) is 0 Å². The van der Waals surface area contributed by atoms with Gasteiger partial charge in [0.1, 0.15) is 5.82 Å². The molecule has 3 unspecified atom stereocenters. The van der Waals surface area contributed by atoms with E-state index in [0.717, 1.165) is 24.3 Å². The van der Waals surface area contributed by atoms with Crippen LogP contribution in [0.1, 0.15) is 45.6 Å². The highest BCUT2D eigenvalue weighted by Gasteiger charge is 2.38. The molecule has 1 aromatic carbocycles. The molecular weight excluding hydrogens is 294 g/mol. The van der Waals surface area contributed by atoms with Gasteiger partial charge in [0, 0.05) is 5.38 Å². The molecule has 0 nitrogen and oxygen atoms in total. The summed E-state index contributed by atoms with van der Waals surface area (Å²) in [6, 6.07) is 5.12. The Morgan fingerprint density at radius 3 is 2.60 bits per heavy atom. The molecule has 1 fully saturated rings. The molecule has 0 aliphatic heterocycles. The normalized spacial score (nSPS) is 27.6. The fourth-order valence-electron chi connectivity index (χ4n) is 3.50. The molecule has 0 radical (unpaired) electrons. The lowest BCUT2D eigenvalue weighted by Crippen LogP contribution is -2.37. The van der Waals surface area contributed by atoms with Crippen molar-refractivity contribution in [2.24, 2.45) is 17.3 Å². The van der Waals surface area contributed by atoms with Gasteiger partial charge in [-0.15, -0.1) is 11.6 Å². The van der Waals surface area contributed by atoms with Crippen molar-refractivity contribution in [1.82, 2.24) is 0 Å². The molecule has 112 valence electrons. The molecule has 0 amide bonds. The van der Waals surface area contributed by atoms with E-state index >= 15 is 0 Å². The van der Waals surface area contributed by atoms with E-state index in [1.165, 1.54) is 12.8 Å². The van der Waals surface area contributed by atoms with Crippen LogP contribution >= 0.6 is 23.2 Å². The highest BCUT2D eigenvalue weighted by atomic mass is 35.5. The number of rotatable bonds is 3. The Morgan fingerprint density at radius 1 is 1.30 bits per heavy atom. The van der Waals surface area contributed by atoms with Crippen LogP contribution in [0.25, 0.3) is 0 Å². The summed E-state index contributed by atoms with van der Waals surface area (Å²) in [5.41, 5.74) is 1.08. The Morgan fingerprint density at radius 2 is 2.00 bits per heavy atom. The van der Waals surface area contributed by atoms with E-state index < -0.39 is 0 Å². The van der Waals surface area contributed by atoms with Crippen molar-refractivity contribution in [3.05, 3.63) is 34.6 Å². The van der Waals surface area contributed by atoms with Crippen LogP contribution < -0.4 is 0 Å². The average molecular weight is 317 g/mol. The van der Waals surface area contributed by atoms with Crippen molar-refractivity contribution < 1.29 is 4.39 Å². The lowest BCUT2D eigenvalue weighted by molar-refractivity contribution is 0.142. The second-order valence-electron chi connectivity index (χ2n) is 6.95. The first kappa shape index (κ1) is 16.1. The lowest BCUT2D eigenvalue weighted by Gasteiger charge is -2.42. The van der Waals surface area contributed by atoms with Crippen molar-refractivity contribution in [3.63, 3.8) is 0 Å². The van der Waals surface area contributed by atoms with Gasteiger partial charge in [-0.3, -0.25) is 0 Å². The van der Waals surface area contributed by atoms with Gasteiger partial charge in [0.25, 0.3) is 0 Å². The summed E-state index contributed by atoms with van der Waals surface area (Å²) >= 11 is 12.3. The average Bonchev–Trinajstić information content (AvgIpc) is 2.33. The Balaban J connectivity index is 2.11. The zero-order valence-corrected chi connectivity index (χ0v) is 13.9. The smallest absolute Gasteiger partial charge is 0.142 e. The van der Waals surface area contributed by atoms with Crippen LogP contribution in [0.15, 0.2) is 18.2 Å². The van der Waals surface area contributed by atoms with Gasteiger partial charge in [0.05, 0.1) is 5.02 Å². The van der Waals surface area contributed by atoms with Gasteiger partial charge >= 0.3 is 0 Å². The van der Waals surface area contributed by atoms with Gasteiger partial charge in [-0.2, -0.15) is 0 Å². The van der Waals surface area contributed by atoms with Crippen molar-refractivity contribution in [2.75, 3.05) is 0 Å². The maximum Gasteiger partial charge on any atom is 0.142 e. The van der Waals surface area contributed by atoms with Crippen molar-refractivity contribution >= 4 is 23.2 Å². The Labute approximate surface area is 131 Å². The van der Waals surface area contributed by atoms with E-state index in [4.69, 9.17) is 23.2 Å². The number of benzene rings is 1. The SMILES string of the molecule is CC1CCC(C(C)(C)Cc2ccc(Cl)c(F)c2)C(Cl)C1. The van der Waals surface area contributed by atoms with E-state index in [2.05, 4.69) is 20.8 Å². The first-order valence-corrected chi connectivity index (χ1v) is 8.19. The number of halogens is 3. The van der Waals surface area contributed by atoms with Crippen LogP contribution in [0.4, 0.5) is 4.39 Å². The lowest BCUT2D eigenvalue weighted by atomic mass is 9.66. The molecule has 1 aromatic rings. The molecule has 0 spiro atoms. The maximum absolute atomic E-state index is 13.6. The maximum atomic E-state index is 13.6. The van der Waals surface area contributed by atoms with Crippen LogP contribution in [-0.4, -0.2) is 5.38 Å². The Kier molecular flexibility index (Phi) is 5.02. The molecule has 1 saturated carbocycles. The summed E-state index contributed by atoms with van der Waals surface area (Å²) in [6.45, 7) is 6.76. The van der Waals surface area contributed by atoms with Gasteiger partial charge in [0.2, 0.25) is 0 Å². The molecule has 0 saturated heterocycles. The van der Waals surface area contributed by atoms with Crippen LogP contribution in [0.5, 0.6) is 0 Å². The van der Waals surface area contributed by atoms with Crippen molar-refractivity contribution in [2.45, 2.75) is 51.8 Å². The second-order valence-corrected chi connectivity index (χ2v) is 7.92. The van der Waals surface area contributed by atoms with E-state index in [1.54, 1.807) is 12.1 Å². The number of hydrogen-bond donors (Lipinski definition) is 0. The van der Waals surface area contributed by atoms with Crippen LogP contribution in [0, 0.1) is 23.1 Å². The van der Waals surface area contributed by atoms with Gasteiger partial charge < -0.3 is 0 Å². The van der Waals surface area contributed by atoms with Gasteiger partial charge in [-0.05, 0) is 54.2 Å². The van der Waals surface area contributed by atoms with Gasteiger partial charge in [0.15, 0.2) is 0 Å². The predicted octanol–water partition coefficient (Wildman–Crippen LogP) is 6.09. The molecule has 1 aliphatic rings. The van der Waals surface area contributed by atoms with Crippen molar-refractivity contribution in [3.8, 4) is 0 Å². The zero-order chi connectivity index (χ0) is 14.9. The molecule has 0 bridgehead atoms. The second kappa shape index (κ2) is 6.23. The Hall–Kier alpha value is -0.270. The molecular formula is C17H23Cl2F. The number of hydrogen-bond acceptors (Lipinski definition) is 0. The topological polar surface area (TPSA) is 0 Å². The van der Waals surface area contributed by atoms with Gasteiger partial charge in [-0.1, -0.05) is 44.9 Å². The molecule has 2 rings (SSSR count). The molecule has 0 heterocycles. The van der Waals surface area contributed by atoms with E-state index in [9.17, 15) is 4.39 Å².